The standard InChI is InChI=1S/C19H15BrN6OS2/c20-12-3-6-14-15(8-12)29-18(22-14)23-16(27)10-28-19-25-24-17(26(19)13-4-5-13)11-2-1-7-21-9-11/h1-3,6-9,13H,4-5,10H2,(H,22,23,27). The molecule has 1 aromatic carbocycles. The summed E-state index contributed by atoms with van der Waals surface area (Å²) < 4.78 is 4.15. The molecule has 1 aliphatic carbocycles. The highest BCUT2D eigenvalue weighted by Gasteiger charge is 2.30. The Labute approximate surface area is 183 Å². The third-order valence-corrected chi connectivity index (χ3v) is 6.80. The Kier molecular flexibility index (Phi) is 5.06. The predicted molar refractivity (Wildman–Crippen MR) is 118 cm³/mol. The van der Waals surface area contributed by atoms with Crippen LogP contribution in [-0.2, 0) is 4.79 Å². The minimum atomic E-state index is -0.110. The van der Waals surface area contributed by atoms with Crippen LogP contribution in [0.15, 0.2) is 52.4 Å². The van der Waals surface area contributed by atoms with Gasteiger partial charge in [0, 0.05) is 28.5 Å². The van der Waals surface area contributed by atoms with Crippen molar-refractivity contribution in [1.82, 2.24) is 24.7 Å². The van der Waals surface area contributed by atoms with Gasteiger partial charge in [0.1, 0.15) is 0 Å². The molecular formula is C19H15BrN6OS2. The Morgan fingerprint density at radius 2 is 2.21 bits per heavy atom. The number of carbonyl (C=O) groups is 1. The van der Waals surface area contributed by atoms with Gasteiger partial charge in [0.25, 0.3) is 0 Å². The molecule has 4 aromatic rings. The normalized spacial score (nSPS) is 13.7. The van der Waals surface area contributed by atoms with Crippen LogP contribution >= 0.6 is 39.0 Å². The zero-order valence-electron chi connectivity index (χ0n) is 15.1. The second kappa shape index (κ2) is 7.85. The minimum absolute atomic E-state index is 0.110. The van der Waals surface area contributed by atoms with Crippen LogP contribution in [0.4, 0.5) is 5.13 Å². The molecule has 1 amide bonds. The Balaban J connectivity index is 1.29. The summed E-state index contributed by atoms with van der Waals surface area (Å²) in [5.74, 6) is 0.944. The van der Waals surface area contributed by atoms with E-state index in [1.54, 1.807) is 12.4 Å². The SMILES string of the molecule is O=C(CSc1nnc(-c2cccnc2)n1C1CC1)Nc1nc2ccc(Br)cc2s1. The molecule has 1 N–H and O–H groups in total. The molecule has 29 heavy (non-hydrogen) atoms. The summed E-state index contributed by atoms with van der Waals surface area (Å²) in [6.45, 7) is 0. The van der Waals surface area contributed by atoms with Crippen molar-refractivity contribution >= 4 is 60.3 Å². The molecule has 0 bridgehead atoms. The molecule has 10 heteroatoms. The van der Waals surface area contributed by atoms with Crippen LogP contribution < -0.4 is 5.32 Å². The number of anilines is 1. The van der Waals surface area contributed by atoms with Crippen molar-refractivity contribution in [3.05, 3.63) is 47.2 Å². The number of rotatable bonds is 6. The first-order valence-electron chi connectivity index (χ1n) is 9.01. The Bertz CT molecular complexity index is 1190. The van der Waals surface area contributed by atoms with E-state index >= 15 is 0 Å². The maximum Gasteiger partial charge on any atom is 0.236 e. The average Bonchev–Trinajstić information content (AvgIpc) is 3.35. The largest absolute Gasteiger partial charge is 0.301 e. The molecule has 5 rings (SSSR count). The lowest BCUT2D eigenvalue weighted by molar-refractivity contribution is -0.113. The number of amides is 1. The number of nitrogens with zero attached hydrogens (tertiary/aromatic N) is 5. The molecule has 1 aliphatic rings. The highest BCUT2D eigenvalue weighted by atomic mass is 79.9. The van der Waals surface area contributed by atoms with E-state index < -0.39 is 0 Å². The summed E-state index contributed by atoms with van der Waals surface area (Å²) in [5.41, 5.74) is 1.81. The van der Waals surface area contributed by atoms with Gasteiger partial charge in [0.2, 0.25) is 5.91 Å². The Morgan fingerprint density at radius 1 is 1.31 bits per heavy atom. The van der Waals surface area contributed by atoms with Gasteiger partial charge in [-0.1, -0.05) is 39.0 Å². The van der Waals surface area contributed by atoms with Crippen LogP contribution in [0.1, 0.15) is 18.9 Å². The summed E-state index contributed by atoms with van der Waals surface area (Å²) in [7, 11) is 0. The monoisotopic (exact) mass is 486 g/mol. The van der Waals surface area contributed by atoms with E-state index in [1.165, 1.54) is 23.1 Å². The molecule has 146 valence electrons. The maximum absolute atomic E-state index is 12.5. The van der Waals surface area contributed by atoms with Crippen LogP contribution in [0.25, 0.3) is 21.6 Å². The fourth-order valence-electron chi connectivity index (χ4n) is 2.97. The van der Waals surface area contributed by atoms with Gasteiger partial charge in [-0.25, -0.2) is 4.98 Å². The number of thiazole rings is 1. The molecule has 1 saturated carbocycles. The van der Waals surface area contributed by atoms with Crippen LogP contribution in [-0.4, -0.2) is 36.4 Å². The molecule has 0 radical (unpaired) electrons. The third kappa shape index (κ3) is 4.05. The second-order valence-corrected chi connectivity index (χ2v) is 9.51. The van der Waals surface area contributed by atoms with Gasteiger partial charge in [-0.3, -0.25) is 14.3 Å². The summed E-state index contributed by atoms with van der Waals surface area (Å²) in [5, 5.41) is 12.9. The van der Waals surface area contributed by atoms with Crippen LogP contribution in [0, 0.1) is 0 Å². The molecule has 0 unspecified atom stereocenters. The number of hydrogen-bond acceptors (Lipinski definition) is 7. The average molecular weight is 487 g/mol. The van der Waals surface area contributed by atoms with E-state index in [9.17, 15) is 4.79 Å². The number of benzene rings is 1. The number of carbonyl (C=O) groups excluding carboxylic acids is 1. The molecule has 3 heterocycles. The van der Waals surface area contributed by atoms with E-state index in [4.69, 9.17) is 0 Å². The minimum Gasteiger partial charge on any atom is -0.301 e. The highest BCUT2D eigenvalue weighted by molar-refractivity contribution is 9.10. The molecule has 0 spiro atoms. The summed E-state index contributed by atoms with van der Waals surface area (Å²) in [6.07, 6.45) is 5.73. The fraction of sp³-hybridized carbons (Fsp3) is 0.211. The van der Waals surface area contributed by atoms with Gasteiger partial charge in [-0.2, -0.15) is 0 Å². The van der Waals surface area contributed by atoms with Crippen molar-refractivity contribution in [2.75, 3.05) is 11.1 Å². The summed E-state index contributed by atoms with van der Waals surface area (Å²) in [6, 6.07) is 10.1. The number of pyridine rings is 1. The smallest absolute Gasteiger partial charge is 0.236 e. The van der Waals surface area contributed by atoms with E-state index in [2.05, 4.69) is 46.0 Å². The van der Waals surface area contributed by atoms with Crippen molar-refractivity contribution in [1.29, 1.82) is 0 Å². The number of thioether (sulfide) groups is 1. The van der Waals surface area contributed by atoms with Gasteiger partial charge in [0.05, 0.1) is 16.0 Å². The lowest BCUT2D eigenvalue weighted by atomic mass is 10.3. The molecule has 0 atom stereocenters. The number of nitrogens with one attached hydrogen (secondary N) is 1. The molecule has 0 aliphatic heterocycles. The number of halogens is 1. The molecule has 3 aromatic heterocycles. The molecule has 1 fully saturated rings. The molecular weight excluding hydrogens is 472 g/mol. The summed E-state index contributed by atoms with van der Waals surface area (Å²) >= 11 is 6.31. The highest BCUT2D eigenvalue weighted by Crippen LogP contribution is 2.41. The van der Waals surface area contributed by atoms with Gasteiger partial charge < -0.3 is 5.32 Å². The van der Waals surface area contributed by atoms with E-state index in [1.807, 2.05) is 30.3 Å². The van der Waals surface area contributed by atoms with Crippen molar-refractivity contribution < 1.29 is 4.79 Å². The van der Waals surface area contributed by atoms with E-state index in [0.717, 1.165) is 44.1 Å². The van der Waals surface area contributed by atoms with Gasteiger partial charge in [0.15, 0.2) is 16.1 Å². The van der Waals surface area contributed by atoms with Gasteiger partial charge in [-0.05, 0) is 43.2 Å². The van der Waals surface area contributed by atoms with E-state index in [0.29, 0.717) is 11.2 Å². The van der Waals surface area contributed by atoms with Crippen molar-refractivity contribution in [3.63, 3.8) is 0 Å². The fourth-order valence-corrected chi connectivity index (χ4v) is 5.21. The first kappa shape index (κ1) is 18.7. The lowest BCUT2D eigenvalue weighted by Crippen LogP contribution is -2.14. The van der Waals surface area contributed by atoms with Crippen LogP contribution in [0.5, 0.6) is 0 Å². The number of hydrogen-bond donors (Lipinski definition) is 1. The van der Waals surface area contributed by atoms with Crippen LogP contribution in [0.2, 0.25) is 0 Å². The third-order valence-electron chi connectivity index (χ3n) is 4.43. The number of fused-ring (bicyclic) bond motifs is 1. The topological polar surface area (TPSA) is 85.6 Å². The van der Waals surface area contributed by atoms with Crippen molar-refractivity contribution in [2.45, 2.75) is 24.0 Å². The van der Waals surface area contributed by atoms with Crippen LogP contribution in [0.3, 0.4) is 0 Å². The molecule has 7 nitrogen and oxygen atoms in total. The van der Waals surface area contributed by atoms with Crippen molar-refractivity contribution in [2.24, 2.45) is 0 Å². The zero-order valence-corrected chi connectivity index (χ0v) is 18.3. The predicted octanol–water partition coefficient (Wildman–Crippen LogP) is 4.78. The van der Waals surface area contributed by atoms with Gasteiger partial charge in [-0.15, -0.1) is 10.2 Å². The Morgan fingerprint density at radius 3 is 3.00 bits per heavy atom. The number of aromatic nitrogens is 5. The van der Waals surface area contributed by atoms with Crippen molar-refractivity contribution in [3.8, 4) is 11.4 Å². The maximum atomic E-state index is 12.5. The Hall–Kier alpha value is -2.30. The molecule has 0 saturated heterocycles. The quantitative estimate of drug-likeness (QED) is 0.394. The zero-order chi connectivity index (χ0) is 19.8. The summed E-state index contributed by atoms with van der Waals surface area (Å²) in [4.78, 5) is 21.1. The first-order valence-corrected chi connectivity index (χ1v) is 11.6. The second-order valence-electron chi connectivity index (χ2n) is 6.62. The first-order chi connectivity index (χ1) is 14.2. The van der Waals surface area contributed by atoms with E-state index in [-0.39, 0.29) is 11.7 Å². The van der Waals surface area contributed by atoms with Gasteiger partial charge >= 0.3 is 0 Å². The lowest BCUT2D eigenvalue weighted by Gasteiger charge is -2.08.